The third-order valence-electron chi connectivity index (χ3n) is 3.74. The number of nitrogen functional groups attached to an aromatic ring is 1. The molecule has 2 N–H and O–H groups in total. The van der Waals surface area contributed by atoms with Crippen molar-refractivity contribution in [3.8, 4) is 11.3 Å². The Morgan fingerprint density at radius 3 is 2.75 bits per heavy atom. The summed E-state index contributed by atoms with van der Waals surface area (Å²) in [5, 5.41) is 4.52. The van der Waals surface area contributed by atoms with Gasteiger partial charge in [0.25, 0.3) is 0 Å². The van der Waals surface area contributed by atoms with E-state index in [1.165, 1.54) is 0 Å². The van der Waals surface area contributed by atoms with Crippen molar-refractivity contribution in [1.82, 2.24) is 9.78 Å². The van der Waals surface area contributed by atoms with E-state index in [4.69, 9.17) is 5.73 Å². The minimum Gasteiger partial charge on any atom is -0.384 e. The van der Waals surface area contributed by atoms with Gasteiger partial charge in [0.15, 0.2) is 9.84 Å². The van der Waals surface area contributed by atoms with Gasteiger partial charge >= 0.3 is 0 Å². The highest BCUT2D eigenvalue weighted by Crippen LogP contribution is 2.29. The average Bonchev–Trinajstić information content (AvgIpc) is 2.93. The van der Waals surface area contributed by atoms with E-state index < -0.39 is 9.84 Å². The second kappa shape index (κ2) is 4.63. The summed E-state index contributed by atoms with van der Waals surface area (Å²) >= 11 is 0. The molecule has 0 bridgehead atoms. The molecule has 1 atom stereocenters. The number of nitrogens with two attached hydrogens (primary N) is 1. The summed E-state index contributed by atoms with van der Waals surface area (Å²) in [7, 11) is -2.94. The fraction of sp³-hybridized carbons (Fsp3) is 0.357. The zero-order chi connectivity index (χ0) is 14.3. The number of rotatable bonds is 2. The normalized spacial score (nSPS) is 21.1. The summed E-state index contributed by atoms with van der Waals surface area (Å²) in [6.07, 6.45) is 0.585. The third-order valence-corrected chi connectivity index (χ3v) is 5.49. The summed E-state index contributed by atoms with van der Waals surface area (Å²) in [6.45, 7) is 2.02. The molecule has 1 aromatic carbocycles. The van der Waals surface area contributed by atoms with Crippen molar-refractivity contribution in [2.75, 3.05) is 17.2 Å². The molecule has 2 aromatic rings. The Morgan fingerprint density at radius 1 is 1.35 bits per heavy atom. The van der Waals surface area contributed by atoms with E-state index in [9.17, 15) is 8.42 Å². The maximum absolute atomic E-state index is 11.6. The van der Waals surface area contributed by atoms with Crippen molar-refractivity contribution < 1.29 is 8.42 Å². The lowest BCUT2D eigenvalue weighted by Crippen LogP contribution is -2.14. The van der Waals surface area contributed by atoms with E-state index in [-0.39, 0.29) is 17.5 Å². The molecule has 3 rings (SSSR count). The first-order chi connectivity index (χ1) is 9.46. The predicted molar refractivity (Wildman–Crippen MR) is 79.1 cm³/mol. The van der Waals surface area contributed by atoms with E-state index in [0.29, 0.717) is 12.2 Å². The monoisotopic (exact) mass is 291 g/mol. The number of hydrogen-bond acceptors (Lipinski definition) is 4. The van der Waals surface area contributed by atoms with Crippen molar-refractivity contribution >= 4 is 15.7 Å². The Morgan fingerprint density at radius 2 is 2.10 bits per heavy atom. The summed E-state index contributed by atoms with van der Waals surface area (Å²) in [5.74, 6) is 0.869. The molecule has 1 aliphatic rings. The molecule has 1 fully saturated rings. The van der Waals surface area contributed by atoms with E-state index in [2.05, 4.69) is 5.10 Å². The van der Waals surface area contributed by atoms with Crippen molar-refractivity contribution in [3.63, 3.8) is 0 Å². The van der Waals surface area contributed by atoms with Gasteiger partial charge in [-0.05, 0) is 18.9 Å². The van der Waals surface area contributed by atoms with Crippen molar-refractivity contribution in [2.24, 2.45) is 0 Å². The van der Waals surface area contributed by atoms with Gasteiger partial charge < -0.3 is 5.73 Å². The van der Waals surface area contributed by atoms with Crippen molar-refractivity contribution in [3.05, 3.63) is 35.9 Å². The quantitative estimate of drug-likeness (QED) is 0.915. The van der Waals surface area contributed by atoms with Crippen molar-refractivity contribution in [2.45, 2.75) is 19.4 Å². The average molecular weight is 291 g/mol. The molecule has 0 saturated carbocycles. The number of hydrogen-bond donors (Lipinski definition) is 1. The summed E-state index contributed by atoms with van der Waals surface area (Å²) in [4.78, 5) is 0. The molecular weight excluding hydrogens is 274 g/mol. The summed E-state index contributed by atoms with van der Waals surface area (Å²) < 4.78 is 24.8. The largest absolute Gasteiger partial charge is 0.384 e. The smallest absolute Gasteiger partial charge is 0.152 e. The van der Waals surface area contributed by atoms with Gasteiger partial charge in [-0.25, -0.2) is 13.1 Å². The van der Waals surface area contributed by atoms with Crippen LogP contribution in [0, 0.1) is 6.92 Å². The SMILES string of the molecule is Cc1ccccc1-c1cc(N)n(C2CCS(=O)(=O)C2)n1. The van der Waals surface area contributed by atoms with E-state index in [1.807, 2.05) is 37.3 Å². The van der Waals surface area contributed by atoms with Crippen LogP contribution in [0.15, 0.2) is 30.3 Å². The van der Waals surface area contributed by atoms with Crippen LogP contribution in [-0.4, -0.2) is 29.7 Å². The number of benzene rings is 1. The molecule has 0 radical (unpaired) electrons. The Kier molecular flexibility index (Phi) is 3.05. The fourth-order valence-electron chi connectivity index (χ4n) is 2.66. The van der Waals surface area contributed by atoms with Gasteiger partial charge in [0, 0.05) is 11.6 Å². The standard InChI is InChI=1S/C14H17N3O2S/c1-10-4-2-3-5-12(10)13-8-14(15)17(16-13)11-6-7-20(18,19)9-11/h2-5,8,11H,6-7,9,15H2,1H3. The van der Waals surface area contributed by atoms with E-state index >= 15 is 0 Å². The van der Waals surface area contributed by atoms with Crippen LogP contribution in [0.1, 0.15) is 18.0 Å². The summed E-state index contributed by atoms with van der Waals surface area (Å²) in [5.41, 5.74) is 8.95. The molecule has 6 heteroatoms. The first-order valence-corrected chi connectivity index (χ1v) is 8.40. The van der Waals surface area contributed by atoms with Crippen LogP contribution < -0.4 is 5.73 Å². The van der Waals surface area contributed by atoms with Crippen LogP contribution in [0.4, 0.5) is 5.82 Å². The van der Waals surface area contributed by atoms with Gasteiger partial charge in [0.2, 0.25) is 0 Å². The van der Waals surface area contributed by atoms with Gasteiger partial charge in [-0.15, -0.1) is 0 Å². The van der Waals surface area contributed by atoms with Crippen LogP contribution >= 0.6 is 0 Å². The molecule has 1 aromatic heterocycles. The number of sulfone groups is 1. The van der Waals surface area contributed by atoms with Crippen LogP contribution in [0.2, 0.25) is 0 Å². The fourth-order valence-corrected chi connectivity index (χ4v) is 4.35. The highest BCUT2D eigenvalue weighted by molar-refractivity contribution is 7.91. The predicted octanol–water partition coefficient (Wildman–Crippen LogP) is 1.80. The van der Waals surface area contributed by atoms with Crippen LogP contribution in [0.25, 0.3) is 11.3 Å². The maximum atomic E-state index is 11.6. The second-order valence-corrected chi connectivity index (χ2v) is 7.50. The number of anilines is 1. The molecule has 1 unspecified atom stereocenters. The van der Waals surface area contributed by atoms with Crippen molar-refractivity contribution in [1.29, 1.82) is 0 Å². The Bertz CT molecular complexity index is 750. The third kappa shape index (κ3) is 2.31. The van der Waals surface area contributed by atoms with Gasteiger partial charge in [0.05, 0.1) is 23.2 Å². The van der Waals surface area contributed by atoms with Gasteiger partial charge in [-0.1, -0.05) is 24.3 Å². The molecule has 1 saturated heterocycles. The number of aromatic nitrogens is 2. The van der Waals surface area contributed by atoms with E-state index in [1.54, 1.807) is 4.68 Å². The zero-order valence-corrected chi connectivity index (χ0v) is 12.1. The summed E-state index contributed by atoms with van der Waals surface area (Å²) in [6, 6.07) is 9.61. The lowest BCUT2D eigenvalue weighted by Gasteiger charge is -2.10. The first kappa shape index (κ1) is 13.2. The molecule has 20 heavy (non-hydrogen) atoms. The Hall–Kier alpha value is -1.82. The molecule has 5 nitrogen and oxygen atoms in total. The van der Waals surface area contributed by atoms with Crippen LogP contribution in [0.5, 0.6) is 0 Å². The minimum atomic E-state index is -2.94. The maximum Gasteiger partial charge on any atom is 0.152 e. The lowest BCUT2D eigenvalue weighted by molar-refractivity contribution is 0.508. The van der Waals surface area contributed by atoms with E-state index in [0.717, 1.165) is 16.8 Å². The molecule has 0 aliphatic carbocycles. The molecule has 0 spiro atoms. The van der Waals surface area contributed by atoms with Crippen LogP contribution in [0.3, 0.4) is 0 Å². The number of nitrogens with zero attached hydrogens (tertiary/aromatic N) is 2. The first-order valence-electron chi connectivity index (χ1n) is 6.58. The lowest BCUT2D eigenvalue weighted by atomic mass is 10.1. The Balaban J connectivity index is 1.98. The van der Waals surface area contributed by atoms with Crippen LogP contribution in [-0.2, 0) is 9.84 Å². The number of aryl methyl sites for hydroxylation is 1. The highest BCUT2D eigenvalue weighted by atomic mass is 32.2. The highest BCUT2D eigenvalue weighted by Gasteiger charge is 2.31. The minimum absolute atomic E-state index is 0.131. The zero-order valence-electron chi connectivity index (χ0n) is 11.3. The van der Waals surface area contributed by atoms with Gasteiger partial charge in [-0.2, -0.15) is 5.10 Å². The van der Waals surface area contributed by atoms with Gasteiger partial charge in [0.1, 0.15) is 5.82 Å². The second-order valence-electron chi connectivity index (χ2n) is 5.27. The molecular formula is C14H17N3O2S. The molecule has 1 aliphatic heterocycles. The van der Waals surface area contributed by atoms with Gasteiger partial charge in [-0.3, -0.25) is 0 Å². The molecule has 0 amide bonds. The molecule has 2 heterocycles. The Labute approximate surface area is 118 Å². The molecule has 106 valence electrons. The topological polar surface area (TPSA) is 78.0 Å².